The van der Waals surface area contributed by atoms with Crippen molar-refractivity contribution in [1.29, 1.82) is 0 Å². The van der Waals surface area contributed by atoms with E-state index in [0.29, 0.717) is 24.7 Å². The minimum absolute atomic E-state index is 0.0278. The van der Waals surface area contributed by atoms with Crippen molar-refractivity contribution in [3.63, 3.8) is 0 Å². The highest BCUT2D eigenvalue weighted by Crippen LogP contribution is 2.31. The van der Waals surface area contributed by atoms with Gasteiger partial charge in [-0.2, -0.15) is 0 Å². The van der Waals surface area contributed by atoms with Gasteiger partial charge in [0.15, 0.2) is 11.5 Å². The van der Waals surface area contributed by atoms with Crippen molar-refractivity contribution < 1.29 is 14.6 Å². The predicted octanol–water partition coefficient (Wildman–Crippen LogP) is 2.37. The predicted molar refractivity (Wildman–Crippen MR) is 59.3 cm³/mol. The Labute approximate surface area is 90.6 Å². The lowest BCUT2D eigenvalue weighted by molar-refractivity contribution is 0.248. The van der Waals surface area contributed by atoms with E-state index in [1.165, 1.54) is 0 Å². The highest BCUT2D eigenvalue weighted by atomic mass is 16.5. The number of aliphatic hydroxyl groups excluding tert-OH is 1. The van der Waals surface area contributed by atoms with E-state index in [4.69, 9.17) is 9.47 Å². The fraction of sp³-hybridized carbons (Fsp3) is 0.500. The lowest BCUT2D eigenvalue weighted by atomic mass is 10.2. The van der Waals surface area contributed by atoms with Gasteiger partial charge in [-0.05, 0) is 19.4 Å². The van der Waals surface area contributed by atoms with Crippen LogP contribution >= 0.6 is 0 Å². The molecule has 0 atom stereocenters. The van der Waals surface area contributed by atoms with E-state index < -0.39 is 0 Å². The van der Waals surface area contributed by atoms with Gasteiger partial charge in [-0.15, -0.1) is 0 Å². The molecule has 0 aliphatic heterocycles. The van der Waals surface area contributed by atoms with Gasteiger partial charge in [-0.3, -0.25) is 0 Å². The molecular weight excluding hydrogens is 192 g/mol. The largest absolute Gasteiger partial charge is 0.490 e. The number of ether oxygens (including phenoxy) is 2. The van der Waals surface area contributed by atoms with Crippen molar-refractivity contribution in [3.05, 3.63) is 23.8 Å². The minimum atomic E-state index is -0.0278. The molecule has 0 spiro atoms. The summed E-state index contributed by atoms with van der Waals surface area (Å²) in [5.74, 6) is 1.38. The number of rotatable bonds is 6. The van der Waals surface area contributed by atoms with Gasteiger partial charge in [-0.1, -0.05) is 19.1 Å². The van der Waals surface area contributed by atoms with Gasteiger partial charge in [0.25, 0.3) is 0 Å². The van der Waals surface area contributed by atoms with Crippen molar-refractivity contribution in [2.75, 3.05) is 13.2 Å². The van der Waals surface area contributed by atoms with E-state index in [1.54, 1.807) is 0 Å². The third-order valence-electron chi connectivity index (χ3n) is 1.98. The molecule has 3 nitrogen and oxygen atoms in total. The van der Waals surface area contributed by atoms with Crippen molar-refractivity contribution in [3.8, 4) is 11.5 Å². The lowest BCUT2D eigenvalue weighted by Crippen LogP contribution is -2.03. The van der Waals surface area contributed by atoms with Crippen LogP contribution in [0.15, 0.2) is 18.2 Å². The lowest BCUT2D eigenvalue weighted by Gasteiger charge is -2.14. The average molecular weight is 210 g/mol. The molecule has 0 fully saturated rings. The topological polar surface area (TPSA) is 38.7 Å². The third-order valence-corrected chi connectivity index (χ3v) is 1.98. The zero-order valence-electron chi connectivity index (χ0n) is 9.32. The molecule has 1 aromatic rings. The highest BCUT2D eigenvalue weighted by Gasteiger charge is 2.09. The molecule has 1 aromatic carbocycles. The number of aliphatic hydroxyl groups is 1. The van der Waals surface area contributed by atoms with Crippen LogP contribution in [-0.2, 0) is 6.61 Å². The Morgan fingerprint density at radius 1 is 1.20 bits per heavy atom. The molecule has 0 unspecified atom stereocenters. The van der Waals surface area contributed by atoms with Crippen LogP contribution in [0.4, 0.5) is 0 Å². The molecule has 0 saturated carbocycles. The zero-order chi connectivity index (χ0) is 11.1. The summed E-state index contributed by atoms with van der Waals surface area (Å²) in [7, 11) is 0. The minimum Gasteiger partial charge on any atom is -0.490 e. The van der Waals surface area contributed by atoms with Crippen LogP contribution in [-0.4, -0.2) is 18.3 Å². The van der Waals surface area contributed by atoms with Crippen LogP contribution < -0.4 is 9.47 Å². The average Bonchev–Trinajstić information content (AvgIpc) is 2.27. The van der Waals surface area contributed by atoms with Crippen molar-refractivity contribution >= 4 is 0 Å². The Balaban J connectivity index is 2.92. The first-order valence-corrected chi connectivity index (χ1v) is 5.31. The Morgan fingerprint density at radius 2 is 2.00 bits per heavy atom. The summed E-state index contributed by atoms with van der Waals surface area (Å²) in [6, 6.07) is 5.55. The SMILES string of the molecule is CCCOc1c(CO)cccc1OCC. The van der Waals surface area contributed by atoms with Gasteiger partial charge in [0.2, 0.25) is 0 Å². The van der Waals surface area contributed by atoms with E-state index in [-0.39, 0.29) is 6.61 Å². The maximum absolute atomic E-state index is 9.17. The van der Waals surface area contributed by atoms with Gasteiger partial charge in [0, 0.05) is 5.56 Å². The Hall–Kier alpha value is -1.22. The van der Waals surface area contributed by atoms with Gasteiger partial charge < -0.3 is 14.6 Å². The highest BCUT2D eigenvalue weighted by molar-refractivity contribution is 5.46. The van der Waals surface area contributed by atoms with Crippen LogP contribution in [0, 0.1) is 0 Å². The standard InChI is InChI=1S/C12H18O3/c1-3-8-15-12-10(9-13)6-5-7-11(12)14-4-2/h5-7,13H,3-4,8-9H2,1-2H3. The molecule has 1 rings (SSSR count). The van der Waals surface area contributed by atoms with Crippen LogP contribution in [0.1, 0.15) is 25.8 Å². The van der Waals surface area contributed by atoms with E-state index in [0.717, 1.165) is 12.0 Å². The number of hydrogen-bond acceptors (Lipinski definition) is 3. The molecule has 0 aliphatic carbocycles. The second-order valence-corrected chi connectivity index (χ2v) is 3.18. The Morgan fingerprint density at radius 3 is 2.60 bits per heavy atom. The van der Waals surface area contributed by atoms with Gasteiger partial charge in [0.05, 0.1) is 19.8 Å². The summed E-state index contributed by atoms with van der Waals surface area (Å²) in [6.45, 7) is 5.17. The molecule has 0 aliphatic rings. The van der Waals surface area contributed by atoms with Crippen LogP contribution in [0.5, 0.6) is 11.5 Å². The normalized spacial score (nSPS) is 10.1. The molecule has 0 amide bonds. The fourth-order valence-electron chi connectivity index (χ4n) is 1.32. The number of para-hydroxylation sites is 1. The molecule has 3 heteroatoms. The number of hydrogen-bond donors (Lipinski definition) is 1. The third kappa shape index (κ3) is 3.13. The van der Waals surface area contributed by atoms with E-state index in [1.807, 2.05) is 32.0 Å². The first-order chi connectivity index (χ1) is 7.33. The summed E-state index contributed by atoms with van der Waals surface area (Å²) in [5.41, 5.74) is 0.773. The van der Waals surface area contributed by atoms with Crippen LogP contribution in [0.25, 0.3) is 0 Å². The van der Waals surface area contributed by atoms with E-state index >= 15 is 0 Å². The van der Waals surface area contributed by atoms with E-state index in [2.05, 4.69) is 0 Å². The molecule has 0 bridgehead atoms. The molecular formula is C12H18O3. The quantitative estimate of drug-likeness (QED) is 0.783. The second kappa shape index (κ2) is 6.30. The fourth-order valence-corrected chi connectivity index (χ4v) is 1.32. The van der Waals surface area contributed by atoms with Gasteiger partial charge >= 0.3 is 0 Å². The summed E-state index contributed by atoms with van der Waals surface area (Å²) >= 11 is 0. The number of benzene rings is 1. The Kier molecular flexibility index (Phi) is 4.98. The van der Waals surface area contributed by atoms with Crippen LogP contribution in [0.3, 0.4) is 0 Å². The molecule has 0 saturated heterocycles. The molecule has 15 heavy (non-hydrogen) atoms. The maximum atomic E-state index is 9.17. The zero-order valence-corrected chi connectivity index (χ0v) is 9.32. The summed E-state index contributed by atoms with van der Waals surface area (Å²) in [6.07, 6.45) is 0.936. The Bertz CT molecular complexity index is 297. The van der Waals surface area contributed by atoms with Gasteiger partial charge in [0.1, 0.15) is 0 Å². The molecule has 0 heterocycles. The molecule has 1 N–H and O–H groups in total. The monoisotopic (exact) mass is 210 g/mol. The smallest absolute Gasteiger partial charge is 0.166 e. The summed E-state index contributed by atoms with van der Waals surface area (Å²) < 4.78 is 11.0. The first-order valence-electron chi connectivity index (χ1n) is 5.31. The second-order valence-electron chi connectivity index (χ2n) is 3.18. The summed E-state index contributed by atoms with van der Waals surface area (Å²) in [4.78, 5) is 0. The molecule has 0 radical (unpaired) electrons. The van der Waals surface area contributed by atoms with Gasteiger partial charge in [-0.25, -0.2) is 0 Å². The van der Waals surface area contributed by atoms with Crippen LogP contribution in [0.2, 0.25) is 0 Å². The van der Waals surface area contributed by atoms with Crippen molar-refractivity contribution in [2.45, 2.75) is 26.9 Å². The van der Waals surface area contributed by atoms with Crippen molar-refractivity contribution in [1.82, 2.24) is 0 Å². The molecule has 84 valence electrons. The molecule has 0 aromatic heterocycles. The van der Waals surface area contributed by atoms with Crippen molar-refractivity contribution in [2.24, 2.45) is 0 Å². The maximum Gasteiger partial charge on any atom is 0.166 e. The summed E-state index contributed by atoms with van der Waals surface area (Å²) in [5, 5.41) is 9.17. The first kappa shape index (κ1) is 11.9. The van der Waals surface area contributed by atoms with E-state index in [9.17, 15) is 5.11 Å².